The maximum absolute atomic E-state index is 12.8. The van der Waals surface area contributed by atoms with E-state index < -0.39 is 11.8 Å². The van der Waals surface area contributed by atoms with Crippen LogP contribution in [0.3, 0.4) is 0 Å². The lowest BCUT2D eigenvalue weighted by molar-refractivity contribution is -0.166. The van der Waals surface area contributed by atoms with E-state index >= 15 is 0 Å². The van der Waals surface area contributed by atoms with Crippen LogP contribution >= 0.6 is 0 Å². The Morgan fingerprint density at radius 3 is 2.44 bits per heavy atom. The highest BCUT2D eigenvalue weighted by Gasteiger charge is 2.65. The first-order valence-corrected chi connectivity index (χ1v) is 5.14. The van der Waals surface area contributed by atoms with Crippen molar-refractivity contribution < 1.29 is 22.6 Å². The average Bonchev–Trinajstić information content (AvgIpc) is 3.08. The van der Waals surface area contributed by atoms with Gasteiger partial charge in [0.2, 0.25) is 0 Å². The molecule has 1 aromatic rings. The summed E-state index contributed by atoms with van der Waals surface area (Å²) in [5.41, 5.74) is -1.74. The standard InChI is InChI=1S/C11H11F3N2O2/c1-7-3-4-8(5-9(7)18-6-17-2)10(15-16-10)11(12,13)14/h3-5H,6H2,1-2H3. The van der Waals surface area contributed by atoms with Crippen molar-refractivity contribution in [2.75, 3.05) is 13.9 Å². The Hall–Kier alpha value is -1.63. The maximum Gasteiger partial charge on any atom is 0.442 e. The summed E-state index contributed by atoms with van der Waals surface area (Å²) in [6.07, 6.45) is -4.53. The van der Waals surface area contributed by atoms with Gasteiger partial charge in [0.1, 0.15) is 5.75 Å². The minimum absolute atomic E-state index is 0.0302. The van der Waals surface area contributed by atoms with Gasteiger partial charge >= 0.3 is 11.8 Å². The Morgan fingerprint density at radius 2 is 1.94 bits per heavy atom. The van der Waals surface area contributed by atoms with Gasteiger partial charge in [0.15, 0.2) is 6.79 Å². The lowest BCUT2D eigenvalue weighted by Crippen LogP contribution is -2.30. The van der Waals surface area contributed by atoms with Crippen molar-refractivity contribution in [1.29, 1.82) is 0 Å². The van der Waals surface area contributed by atoms with E-state index in [1.165, 1.54) is 25.3 Å². The zero-order valence-corrected chi connectivity index (χ0v) is 9.78. The number of ether oxygens (including phenoxy) is 2. The SMILES string of the molecule is COCOc1cc(C2(C(F)(F)F)N=N2)ccc1C. The second-order valence-corrected chi connectivity index (χ2v) is 3.90. The van der Waals surface area contributed by atoms with Gasteiger partial charge in [-0.2, -0.15) is 13.2 Å². The summed E-state index contributed by atoms with van der Waals surface area (Å²) in [5, 5.41) is 6.28. The van der Waals surface area contributed by atoms with Gasteiger partial charge in [-0.25, -0.2) is 0 Å². The normalized spacial score (nSPS) is 16.7. The van der Waals surface area contributed by atoms with Crippen LogP contribution in [-0.4, -0.2) is 20.1 Å². The predicted octanol–water partition coefficient (Wildman–Crippen LogP) is 3.16. The first-order chi connectivity index (χ1) is 8.40. The van der Waals surface area contributed by atoms with Crippen LogP contribution in [0.25, 0.3) is 0 Å². The highest BCUT2D eigenvalue weighted by molar-refractivity contribution is 5.41. The molecule has 1 aliphatic heterocycles. The molecule has 0 saturated carbocycles. The summed E-state index contributed by atoms with van der Waals surface area (Å²) in [6.45, 7) is 1.70. The third-order valence-electron chi connectivity index (χ3n) is 2.62. The van der Waals surface area contributed by atoms with Crippen LogP contribution in [0.2, 0.25) is 0 Å². The molecule has 0 aromatic heterocycles. The van der Waals surface area contributed by atoms with Crippen LogP contribution in [0.1, 0.15) is 11.1 Å². The Kier molecular flexibility index (Phi) is 3.02. The maximum atomic E-state index is 12.8. The fraction of sp³-hybridized carbons (Fsp3) is 0.455. The second kappa shape index (κ2) is 4.24. The molecule has 0 atom stereocenters. The molecule has 0 fully saturated rings. The summed E-state index contributed by atoms with van der Waals surface area (Å²) >= 11 is 0. The van der Waals surface area contributed by atoms with Crippen LogP contribution in [0, 0.1) is 6.92 Å². The fourth-order valence-corrected chi connectivity index (χ4v) is 1.54. The number of benzene rings is 1. The molecule has 98 valence electrons. The third kappa shape index (κ3) is 2.05. The number of hydrogen-bond donors (Lipinski definition) is 0. The zero-order valence-electron chi connectivity index (χ0n) is 9.78. The van der Waals surface area contributed by atoms with Crippen molar-refractivity contribution in [1.82, 2.24) is 0 Å². The van der Waals surface area contributed by atoms with Crippen LogP contribution in [-0.2, 0) is 10.4 Å². The van der Waals surface area contributed by atoms with Gasteiger partial charge in [0.25, 0.3) is 0 Å². The average molecular weight is 260 g/mol. The number of rotatable bonds is 4. The fourth-order valence-electron chi connectivity index (χ4n) is 1.54. The van der Waals surface area contributed by atoms with Gasteiger partial charge in [-0.05, 0) is 18.6 Å². The van der Waals surface area contributed by atoms with Gasteiger partial charge in [-0.1, -0.05) is 12.1 Å². The number of alkyl halides is 3. The lowest BCUT2D eigenvalue weighted by Gasteiger charge is -2.16. The molecule has 4 nitrogen and oxygen atoms in total. The third-order valence-corrected chi connectivity index (χ3v) is 2.62. The molecule has 0 unspecified atom stereocenters. The molecule has 0 saturated heterocycles. The molecule has 1 aromatic carbocycles. The Balaban J connectivity index is 2.30. The quantitative estimate of drug-likeness (QED) is 0.780. The molecule has 0 radical (unpaired) electrons. The highest BCUT2D eigenvalue weighted by atomic mass is 19.4. The Labute approximate surface area is 101 Å². The number of halogens is 3. The largest absolute Gasteiger partial charge is 0.467 e. The molecule has 0 N–H and O–H groups in total. The summed E-state index contributed by atoms with van der Waals surface area (Å²) in [4.78, 5) is 0. The smallest absolute Gasteiger partial charge is 0.442 e. The Morgan fingerprint density at radius 1 is 1.28 bits per heavy atom. The lowest BCUT2D eigenvalue weighted by atomic mass is 10.0. The minimum Gasteiger partial charge on any atom is -0.467 e. The monoisotopic (exact) mass is 260 g/mol. The number of aryl methyl sites for hydroxylation is 1. The molecule has 1 heterocycles. The van der Waals surface area contributed by atoms with E-state index in [9.17, 15) is 13.2 Å². The summed E-state index contributed by atoms with van der Waals surface area (Å²) in [6, 6.07) is 4.18. The van der Waals surface area contributed by atoms with Crippen molar-refractivity contribution in [2.45, 2.75) is 18.8 Å². The molecule has 2 rings (SSSR count). The minimum atomic E-state index is -4.53. The molecule has 0 spiro atoms. The van der Waals surface area contributed by atoms with Crippen molar-refractivity contribution in [3.05, 3.63) is 29.3 Å². The topological polar surface area (TPSA) is 43.2 Å². The van der Waals surface area contributed by atoms with Crippen LogP contribution in [0.5, 0.6) is 5.75 Å². The van der Waals surface area contributed by atoms with Gasteiger partial charge in [0.05, 0.1) is 0 Å². The highest BCUT2D eigenvalue weighted by Crippen LogP contribution is 2.52. The molecule has 0 amide bonds. The Bertz CT molecular complexity index is 480. The first kappa shape index (κ1) is 12.8. The van der Waals surface area contributed by atoms with Crippen LogP contribution < -0.4 is 4.74 Å². The van der Waals surface area contributed by atoms with Gasteiger partial charge in [-0.3, -0.25) is 0 Å². The first-order valence-electron chi connectivity index (χ1n) is 5.14. The van der Waals surface area contributed by atoms with Gasteiger partial charge < -0.3 is 9.47 Å². The molecule has 1 aliphatic rings. The summed E-state index contributed by atoms with van der Waals surface area (Å²) in [5.74, 6) is 0.329. The van der Waals surface area contributed by atoms with Crippen LogP contribution in [0.4, 0.5) is 13.2 Å². The van der Waals surface area contributed by atoms with Gasteiger partial charge in [0, 0.05) is 12.7 Å². The van der Waals surface area contributed by atoms with Crippen LogP contribution in [0.15, 0.2) is 28.4 Å². The second-order valence-electron chi connectivity index (χ2n) is 3.90. The van der Waals surface area contributed by atoms with E-state index in [1.54, 1.807) is 6.92 Å². The van der Waals surface area contributed by atoms with E-state index in [-0.39, 0.29) is 12.4 Å². The molecule has 7 heteroatoms. The van der Waals surface area contributed by atoms with Crippen molar-refractivity contribution >= 4 is 0 Å². The van der Waals surface area contributed by atoms with Gasteiger partial charge in [-0.15, -0.1) is 10.2 Å². The number of hydrogen-bond acceptors (Lipinski definition) is 4. The molecular weight excluding hydrogens is 249 g/mol. The zero-order chi connectivity index (χ0) is 13.4. The predicted molar refractivity (Wildman–Crippen MR) is 56.3 cm³/mol. The van der Waals surface area contributed by atoms with E-state index in [0.717, 1.165) is 0 Å². The van der Waals surface area contributed by atoms with E-state index in [1.807, 2.05) is 0 Å². The van der Waals surface area contributed by atoms with Crippen molar-refractivity contribution in [2.24, 2.45) is 10.2 Å². The molecular formula is C11H11F3N2O2. The molecule has 0 aliphatic carbocycles. The van der Waals surface area contributed by atoms with Crippen molar-refractivity contribution in [3.8, 4) is 5.75 Å². The summed E-state index contributed by atoms with van der Waals surface area (Å²) in [7, 11) is 1.43. The molecule has 18 heavy (non-hydrogen) atoms. The molecule has 0 bridgehead atoms. The van der Waals surface area contributed by atoms with E-state index in [4.69, 9.17) is 9.47 Å². The van der Waals surface area contributed by atoms with E-state index in [2.05, 4.69) is 10.2 Å². The summed E-state index contributed by atoms with van der Waals surface area (Å²) < 4.78 is 48.3. The van der Waals surface area contributed by atoms with Crippen molar-refractivity contribution in [3.63, 3.8) is 0 Å². The number of methoxy groups -OCH3 is 1. The number of nitrogens with zero attached hydrogens (tertiary/aromatic N) is 2. The van der Waals surface area contributed by atoms with E-state index in [0.29, 0.717) is 11.3 Å².